The van der Waals surface area contributed by atoms with Gasteiger partial charge in [0.1, 0.15) is 0 Å². The van der Waals surface area contributed by atoms with E-state index in [1.54, 1.807) is 0 Å². The normalized spacial score (nSPS) is 24.9. The number of rotatable bonds is 5. The van der Waals surface area contributed by atoms with Crippen molar-refractivity contribution in [1.29, 1.82) is 0 Å². The summed E-state index contributed by atoms with van der Waals surface area (Å²) in [6.45, 7) is 7.15. The van der Waals surface area contributed by atoms with Gasteiger partial charge in [0.2, 0.25) is 0 Å². The van der Waals surface area contributed by atoms with Gasteiger partial charge in [-0.1, -0.05) is 13.8 Å². The zero-order chi connectivity index (χ0) is 10.6. The van der Waals surface area contributed by atoms with Gasteiger partial charge in [-0.15, -0.1) is 0 Å². The molecule has 0 aromatic rings. The van der Waals surface area contributed by atoms with Crippen LogP contribution in [0.2, 0.25) is 0 Å². The van der Waals surface area contributed by atoms with Crippen LogP contribution >= 0.6 is 0 Å². The number of ether oxygens (including phenoxy) is 1. The average molecular weight is 200 g/mol. The molecule has 0 amide bonds. The Morgan fingerprint density at radius 3 is 2.64 bits per heavy atom. The molecule has 3 heteroatoms. The lowest BCUT2D eigenvalue weighted by molar-refractivity contribution is 0.0613. The minimum atomic E-state index is 0.438. The van der Waals surface area contributed by atoms with Crippen LogP contribution in [-0.4, -0.2) is 43.8 Å². The predicted molar refractivity (Wildman–Crippen MR) is 59.3 cm³/mol. The van der Waals surface area contributed by atoms with E-state index in [2.05, 4.69) is 25.8 Å². The van der Waals surface area contributed by atoms with Crippen molar-refractivity contribution in [3.05, 3.63) is 0 Å². The first-order chi connectivity index (χ1) is 6.65. The first kappa shape index (κ1) is 12.0. The van der Waals surface area contributed by atoms with E-state index in [1.165, 1.54) is 12.8 Å². The quantitative estimate of drug-likeness (QED) is 0.722. The SMILES string of the molecule is CC(C)C(CN)N(C)CC1CCCO1. The Morgan fingerprint density at radius 2 is 2.21 bits per heavy atom. The van der Waals surface area contributed by atoms with Crippen LogP contribution in [-0.2, 0) is 4.74 Å². The van der Waals surface area contributed by atoms with Crippen molar-refractivity contribution in [1.82, 2.24) is 4.90 Å². The Kier molecular flexibility index (Phi) is 4.85. The van der Waals surface area contributed by atoms with Crippen LogP contribution in [0, 0.1) is 5.92 Å². The van der Waals surface area contributed by atoms with E-state index in [4.69, 9.17) is 10.5 Å². The summed E-state index contributed by atoms with van der Waals surface area (Å²) in [5.41, 5.74) is 5.77. The molecule has 0 aliphatic carbocycles. The second-order valence-corrected chi connectivity index (χ2v) is 4.62. The number of hydrogen-bond donors (Lipinski definition) is 1. The highest BCUT2D eigenvalue weighted by Crippen LogP contribution is 2.15. The largest absolute Gasteiger partial charge is 0.377 e. The van der Waals surface area contributed by atoms with Gasteiger partial charge >= 0.3 is 0 Å². The van der Waals surface area contributed by atoms with Crippen molar-refractivity contribution in [2.75, 3.05) is 26.7 Å². The second-order valence-electron chi connectivity index (χ2n) is 4.62. The third-order valence-corrected chi connectivity index (χ3v) is 3.09. The van der Waals surface area contributed by atoms with Gasteiger partial charge in [-0.3, -0.25) is 4.90 Å². The van der Waals surface area contributed by atoms with E-state index in [1.807, 2.05) is 0 Å². The molecule has 1 aliphatic rings. The second kappa shape index (κ2) is 5.69. The molecule has 14 heavy (non-hydrogen) atoms. The number of nitrogens with zero attached hydrogens (tertiary/aromatic N) is 1. The number of hydrogen-bond acceptors (Lipinski definition) is 3. The summed E-state index contributed by atoms with van der Waals surface area (Å²) < 4.78 is 5.62. The molecule has 0 spiro atoms. The van der Waals surface area contributed by atoms with Crippen molar-refractivity contribution < 1.29 is 4.74 Å². The molecular weight excluding hydrogens is 176 g/mol. The molecule has 1 heterocycles. The third-order valence-electron chi connectivity index (χ3n) is 3.09. The van der Waals surface area contributed by atoms with Gasteiger partial charge in [0.05, 0.1) is 6.10 Å². The minimum Gasteiger partial charge on any atom is -0.377 e. The average Bonchev–Trinajstić information content (AvgIpc) is 2.57. The van der Waals surface area contributed by atoms with Crippen molar-refractivity contribution in [2.24, 2.45) is 11.7 Å². The molecule has 2 atom stereocenters. The van der Waals surface area contributed by atoms with Crippen LogP contribution in [0.15, 0.2) is 0 Å². The predicted octanol–water partition coefficient (Wildman–Crippen LogP) is 1.08. The summed E-state index contributed by atoms with van der Waals surface area (Å²) in [6, 6.07) is 0.485. The van der Waals surface area contributed by atoms with E-state index in [0.29, 0.717) is 18.1 Å². The molecule has 0 aromatic heterocycles. The topological polar surface area (TPSA) is 38.5 Å². The lowest BCUT2D eigenvalue weighted by Gasteiger charge is -2.31. The van der Waals surface area contributed by atoms with Gasteiger partial charge in [-0.25, -0.2) is 0 Å². The van der Waals surface area contributed by atoms with Gasteiger partial charge in [0, 0.05) is 25.7 Å². The van der Waals surface area contributed by atoms with Gasteiger partial charge in [-0.2, -0.15) is 0 Å². The smallest absolute Gasteiger partial charge is 0.0702 e. The highest BCUT2D eigenvalue weighted by molar-refractivity contribution is 4.77. The Labute approximate surface area is 87.6 Å². The number of nitrogens with two attached hydrogens (primary N) is 1. The third kappa shape index (κ3) is 3.23. The van der Waals surface area contributed by atoms with Crippen LogP contribution in [0.3, 0.4) is 0 Å². The maximum atomic E-state index is 5.77. The molecule has 0 bridgehead atoms. The van der Waals surface area contributed by atoms with Gasteiger partial charge < -0.3 is 10.5 Å². The van der Waals surface area contributed by atoms with E-state index in [0.717, 1.165) is 19.7 Å². The molecule has 1 rings (SSSR count). The molecule has 1 fully saturated rings. The summed E-state index contributed by atoms with van der Waals surface area (Å²) in [4.78, 5) is 2.35. The molecule has 1 aliphatic heterocycles. The minimum absolute atomic E-state index is 0.438. The molecule has 0 aromatic carbocycles. The van der Waals surface area contributed by atoms with Crippen LogP contribution in [0.4, 0.5) is 0 Å². The zero-order valence-corrected chi connectivity index (χ0v) is 9.70. The zero-order valence-electron chi connectivity index (χ0n) is 9.70. The van der Waals surface area contributed by atoms with E-state index in [-0.39, 0.29) is 0 Å². The Morgan fingerprint density at radius 1 is 1.50 bits per heavy atom. The number of likely N-dealkylation sites (N-methyl/N-ethyl adjacent to an activating group) is 1. The van der Waals surface area contributed by atoms with E-state index < -0.39 is 0 Å². The fourth-order valence-corrected chi connectivity index (χ4v) is 2.21. The van der Waals surface area contributed by atoms with Gasteiger partial charge in [-0.05, 0) is 25.8 Å². The maximum absolute atomic E-state index is 5.77. The lowest BCUT2D eigenvalue weighted by atomic mass is 10.0. The highest BCUT2D eigenvalue weighted by atomic mass is 16.5. The summed E-state index contributed by atoms with van der Waals surface area (Å²) in [5.74, 6) is 0.617. The summed E-state index contributed by atoms with van der Waals surface area (Å²) in [5, 5.41) is 0. The van der Waals surface area contributed by atoms with Gasteiger partial charge in [0.25, 0.3) is 0 Å². The van der Waals surface area contributed by atoms with Crippen LogP contribution in [0.5, 0.6) is 0 Å². The van der Waals surface area contributed by atoms with Crippen LogP contribution < -0.4 is 5.73 Å². The van der Waals surface area contributed by atoms with Crippen molar-refractivity contribution in [3.8, 4) is 0 Å². The molecule has 84 valence electrons. The van der Waals surface area contributed by atoms with Crippen molar-refractivity contribution >= 4 is 0 Å². The molecule has 0 radical (unpaired) electrons. The lowest BCUT2D eigenvalue weighted by Crippen LogP contribution is -2.44. The van der Waals surface area contributed by atoms with Crippen LogP contribution in [0.1, 0.15) is 26.7 Å². The summed E-state index contributed by atoms with van der Waals surface area (Å²) in [7, 11) is 2.15. The van der Waals surface area contributed by atoms with Crippen molar-refractivity contribution in [3.63, 3.8) is 0 Å². The molecular formula is C11H24N2O. The maximum Gasteiger partial charge on any atom is 0.0702 e. The molecule has 2 N–H and O–H groups in total. The standard InChI is InChI=1S/C11H24N2O/c1-9(2)11(7-12)13(3)8-10-5-4-6-14-10/h9-11H,4-8,12H2,1-3H3. The van der Waals surface area contributed by atoms with Gasteiger partial charge in [0.15, 0.2) is 0 Å². The molecule has 3 nitrogen and oxygen atoms in total. The monoisotopic (exact) mass is 200 g/mol. The molecule has 2 unspecified atom stereocenters. The van der Waals surface area contributed by atoms with Crippen LogP contribution in [0.25, 0.3) is 0 Å². The summed E-state index contributed by atoms with van der Waals surface area (Å²) in [6.07, 6.45) is 2.86. The first-order valence-electron chi connectivity index (χ1n) is 5.67. The van der Waals surface area contributed by atoms with Crippen molar-refractivity contribution in [2.45, 2.75) is 38.8 Å². The molecule has 1 saturated heterocycles. The van der Waals surface area contributed by atoms with E-state index in [9.17, 15) is 0 Å². The molecule has 0 saturated carbocycles. The van der Waals surface area contributed by atoms with E-state index >= 15 is 0 Å². The Balaban J connectivity index is 2.34. The Hall–Kier alpha value is -0.120. The Bertz CT molecular complexity index is 155. The fourth-order valence-electron chi connectivity index (χ4n) is 2.21. The fraction of sp³-hybridized carbons (Fsp3) is 1.00. The summed E-state index contributed by atoms with van der Waals surface area (Å²) >= 11 is 0. The highest BCUT2D eigenvalue weighted by Gasteiger charge is 2.22. The first-order valence-corrected chi connectivity index (χ1v) is 5.67.